The Morgan fingerprint density at radius 3 is 2.83 bits per heavy atom. The molecule has 0 spiro atoms. The molecule has 2 rings (SSSR count). The molecule has 0 bridgehead atoms. The Labute approximate surface area is 135 Å². The predicted molar refractivity (Wildman–Crippen MR) is 87.0 cm³/mol. The molecule has 124 valence electrons. The van der Waals surface area contributed by atoms with E-state index in [2.05, 4.69) is 20.8 Å². The number of nitrogens with zero attached hydrogens (tertiary/aromatic N) is 2. The number of urea groups is 1. The van der Waals surface area contributed by atoms with Crippen molar-refractivity contribution in [3.63, 3.8) is 0 Å². The highest BCUT2D eigenvalue weighted by atomic mass is 16.5. The van der Waals surface area contributed by atoms with Crippen LogP contribution in [0.1, 0.15) is 32.6 Å². The maximum atomic E-state index is 12.2. The molecule has 0 aliphatic carbocycles. The SMILES string of the molecule is CCC(C)(CCO)NC(=O)Nc1cccc(-c2noc(C)n2)c1. The van der Waals surface area contributed by atoms with E-state index >= 15 is 0 Å². The quantitative estimate of drug-likeness (QED) is 0.760. The molecular formula is C16H22N4O3. The fourth-order valence-electron chi connectivity index (χ4n) is 2.16. The molecule has 1 heterocycles. The van der Waals surface area contributed by atoms with Gasteiger partial charge >= 0.3 is 6.03 Å². The summed E-state index contributed by atoms with van der Waals surface area (Å²) in [5.41, 5.74) is 0.944. The van der Waals surface area contributed by atoms with Crippen molar-refractivity contribution in [3.05, 3.63) is 30.2 Å². The predicted octanol–water partition coefficient (Wildman–Crippen LogP) is 2.72. The minimum atomic E-state index is -0.443. The third-order valence-electron chi connectivity index (χ3n) is 3.77. The summed E-state index contributed by atoms with van der Waals surface area (Å²) in [7, 11) is 0. The second-order valence-electron chi connectivity index (χ2n) is 5.68. The fraction of sp³-hybridized carbons (Fsp3) is 0.438. The maximum Gasteiger partial charge on any atom is 0.319 e. The summed E-state index contributed by atoms with van der Waals surface area (Å²) in [4.78, 5) is 16.3. The average molecular weight is 318 g/mol. The molecule has 1 aromatic carbocycles. The van der Waals surface area contributed by atoms with Gasteiger partial charge in [-0.05, 0) is 31.9 Å². The number of aryl methyl sites for hydroxylation is 1. The number of carbonyl (C=O) groups is 1. The van der Waals surface area contributed by atoms with Gasteiger partial charge in [-0.25, -0.2) is 4.79 Å². The molecule has 2 amide bonds. The third kappa shape index (κ3) is 4.53. The Balaban J connectivity index is 2.07. The number of nitrogens with one attached hydrogen (secondary N) is 2. The van der Waals surface area contributed by atoms with Crippen molar-refractivity contribution in [2.24, 2.45) is 0 Å². The Hall–Kier alpha value is -2.41. The van der Waals surface area contributed by atoms with Gasteiger partial charge in [-0.3, -0.25) is 0 Å². The Kier molecular flexibility index (Phi) is 5.33. The van der Waals surface area contributed by atoms with Crippen molar-refractivity contribution in [3.8, 4) is 11.4 Å². The highest BCUT2D eigenvalue weighted by Gasteiger charge is 2.23. The zero-order chi connectivity index (χ0) is 16.9. The van der Waals surface area contributed by atoms with Crippen LogP contribution in [0.3, 0.4) is 0 Å². The van der Waals surface area contributed by atoms with Crippen LogP contribution in [0.25, 0.3) is 11.4 Å². The van der Waals surface area contributed by atoms with Gasteiger partial charge in [0.2, 0.25) is 11.7 Å². The summed E-state index contributed by atoms with van der Waals surface area (Å²) in [6.07, 6.45) is 1.22. The highest BCUT2D eigenvalue weighted by molar-refractivity contribution is 5.90. The van der Waals surface area contributed by atoms with Crippen LogP contribution in [0.15, 0.2) is 28.8 Å². The standard InChI is InChI=1S/C16H22N4O3/c1-4-16(3,8-9-21)19-15(22)18-13-7-5-6-12(10-13)14-17-11(2)23-20-14/h5-7,10,21H,4,8-9H2,1-3H3,(H2,18,19,22). The number of aliphatic hydroxyl groups excluding tert-OH is 1. The van der Waals surface area contributed by atoms with Crippen LogP contribution in [0.5, 0.6) is 0 Å². The lowest BCUT2D eigenvalue weighted by molar-refractivity contribution is 0.208. The summed E-state index contributed by atoms with van der Waals surface area (Å²) in [5.74, 6) is 0.962. The van der Waals surface area contributed by atoms with Crippen molar-refractivity contribution in [2.45, 2.75) is 39.2 Å². The fourth-order valence-corrected chi connectivity index (χ4v) is 2.16. The van der Waals surface area contributed by atoms with E-state index in [0.29, 0.717) is 23.8 Å². The highest BCUT2D eigenvalue weighted by Crippen LogP contribution is 2.20. The molecule has 23 heavy (non-hydrogen) atoms. The van der Waals surface area contributed by atoms with E-state index in [0.717, 1.165) is 12.0 Å². The average Bonchev–Trinajstić information content (AvgIpc) is 2.94. The maximum absolute atomic E-state index is 12.2. The number of anilines is 1. The molecule has 1 aromatic heterocycles. The van der Waals surface area contributed by atoms with E-state index in [9.17, 15) is 4.79 Å². The molecular weight excluding hydrogens is 296 g/mol. The van der Waals surface area contributed by atoms with Crippen molar-refractivity contribution in [1.29, 1.82) is 0 Å². The van der Waals surface area contributed by atoms with Crippen LogP contribution in [0, 0.1) is 6.92 Å². The Morgan fingerprint density at radius 2 is 2.22 bits per heavy atom. The molecule has 2 aromatic rings. The first-order chi connectivity index (χ1) is 11.0. The first kappa shape index (κ1) is 17.0. The van der Waals surface area contributed by atoms with Gasteiger partial charge in [0.1, 0.15) is 0 Å². The number of benzene rings is 1. The number of hydrogen-bond donors (Lipinski definition) is 3. The van der Waals surface area contributed by atoms with Gasteiger partial charge in [0.25, 0.3) is 0 Å². The van der Waals surface area contributed by atoms with E-state index in [1.54, 1.807) is 19.1 Å². The number of aromatic nitrogens is 2. The minimum Gasteiger partial charge on any atom is -0.396 e. The summed E-state index contributed by atoms with van der Waals surface area (Å²) in [6.45, 7) is 5.62. The van der Waals surface area contributed by atoms with E-state index in [4.69, 9.17) is 9.63 Å². The smallest absolute Gasteiger partial charge is 0.319 e. The molecule has 1 unspecified atom stereocenters. The van der Waals surface area contributed by atoms with Crippen molar-refractivity contribution < 1.29 is 14.4 Å². The molecule has 0 radical (unpaired) electrons. The molecule has 7 heteroatoms. The van der Waals surface area contributed by atoms with Crippen LogP contribution < -0.4 is 10.6 Å². The number of aliphatic hydroxyl groups is 1. The molecule has 7 nitrogen and oxygen atoms in total. The van der Waals surface area contributed by atoms with Crippen LogP contribution in [-0.2, 0) is 0 Å². The lowest BCUT2D eigenvalue weighted by Crippen LogP contribution is -2.48. The lowest BCUT2D eigenvalue weighted by atomic mass is 9.95. The Bertz CT molecular complexity index is 671. The van der Waals surface area contributed by atoms with E-state index in [-0.39, 0.29) is 12.6 Å². The number of hydrogen-bond acceptors (Lipinski definition) is 5. The zero-order valence-corrected chi connectivity index (χ0v) is 13.6. The number of rotatable bonds is 6. The topological polar surface area (TPSA) is 100 Å². The first-order valence-corrected chi connectivity index (χ1v) is 7.56. The van der Waals surface area contributed by atoms with Gasteiger partial charge < -0.3 is 20.3 Å². The molecule has 0 saturated carbocycles. The number of amides is 2. The van der Waals surface area contributed by atoms with Crippen molar-refractivity contribution in [2.75, 3.05) is 11.9 Å². The second-order valence-corrected chi connectivity index (χ2v) is 5.68. The lowest BCUT2D eigenvalue weighted by Gasteiger charge is -2.29. The van der Waals surface area contributed by atoms with Gasteiger partial charge in [0.05, 0.1) is 0 Å². The molecule has 1 atom stereocenters. The summed E-state index contributed by atoms with van der Waals surface area (Å²) in [6, 6.07) is 6.90. The first-order valence-electron chi connectivity index (χ1n) is 7.56. The van der Waals surface area contributed by atoms with E-state index in [1.807, 2.05) is 26.0 Å². The van der Waals surface area contributed by atoms with Crippen LogP contribution in [0.2, 0.25) is 0 Å². The van der Waals surface area contributed by atoms with Crippen LogP contribution >= 0.6 is 0 Å². The van der Waals surface area contributed by atoms with Gasteiger partial charge in [-0.1, -0.05) is 24.2 Å². The van der Waals surface area contributed by atoms with Gasteiger partial charge in [-0.15, -0.1) is 0 Å². The van der Waals surface area contributed by atoms with Crippen LogP contribution in [-0.4, -0.2) is 33.4 Å². The summed E-state index contributed by atoms with van der Waals surface area (Å²) in [5, 5.41) is 18.7. The summed E-state index contributed by atoms with van der Waals surface area (Å²) < 4.78 is 4.96. The van der Waals surface area contributed by atoms with E-state index < -0.39 is 5.54 Å². The van der Waals surface area contributed by atoms with Gasteiger partial charge in [0, 0.05) is 30.3 Å². The second kappa shape index (κ2) is 7.23. The normalized spacial score (nSPS) is 13.4. The van der Waals surface area contributed by atoms with Gasteiger partial charge in [-0.2, -0.15) is 4.98 Å². The Morgan fingerprint density at radius 1 is 1.43 bits per heavy atom. The monoisotopic (exact) mass is 318 g/mol. The van der Waals surface area contributed by atoms with E-state index in [1.165, 1.54) is 0 Å². The molecule has 0 aliphatic rings. The van der Waals surface area contributed by atoms with Gasteiger partial charge in [0.15, 0.2) is 0 Å². The van der Waals surface area contributed by atoms with Crippen molar-refractivity contribution >= 4 is 11.7 Å². The molecule has 0 aliphatic heterocycles. The number of carbonyl (C=O) groups excluding carboxylic acids is 1. The molecule has 3 N–H and O–H groups in total. The van der Waals surface area contributed by atoms with Crippen molar-refractivity contribution in [1.82, 2.24) is 15.5 Å². The molecule has 0 saturated heterocycles. The zero-order valence-electron chi connectivity index (χ0n) is 13.6. The third-order valence-corrected chi connectivity index (χ3v) is 3.77. The minimum absolute atomic E-state index is 0.0251. The molecule has 0 fully saturated rings. The summed E-state index contributed by atoms with van der Waals surface area (Å²) >= 11 is 0. The largest absolute Gasteiger partial charge is 0.396 e. The van der Waals surface area contributed by atoms with Crippen LogP contribution in [0.4, 0.5) is 10.5 Å².